The van der Waals surface area contributed by atoms with Crippen molar-refractivity contribution in [1.82, 2.24) is 5.32 Å². The molecule has 0 saturated heterocycles. The number of carboxylic acid groups (broad SMARTS) is 1. The van der Waals surface area contributed by atoms with Crippen LogP contribution < -0.4 is 15.4 Å². The van der Waals surface area contributed by atoms with Crippen molar-refractivity contribution in [3.63, 3.8) is 0 Å². The highest BCUT2D eigenvalue weighted by Crippen LogP contribution is 2.18. The molecule has 3 N–H and O–H groups in total. The smallest absolute Gasteiger partial charge is 0.335 e. The standard InChI is InChI=1S/C20H21FN2O5/c1-2-28-17-7-4-3-6-14(17)19(25)22-11-5-8-18(24)23-16-12-13(20(26)27)9-10-15(16)21/h3-4,6-7,9-10,12H,2,5,8,11H2,1H3,(H,22,25)(H,23,24)(H,26,27). The molecule has 2 amide bonds. The molecular formula is C20H21FN2O5. The third-order valence-corrected chi connectivity index (χ3v) is 3.79. The van der Waals surface area contributed by atoms with E-state index >= 15 is 0 Å². The predicted octanol–water partition coefficient (Wildman–Crippen LogP) is 3.07. The third kappa shape index (κ3) is 5.80. The lowest BCUT2D eigenvalue weighted by atomic mass is 10.1. The number of rotatable bonds is 9. The van der Waals surface area contributed by atoms with Crippen LogP contribution in [-0.4, -0.2) is 36.0 Å². The van der Waals surface area contributed by atoms with Gasteiger partial charge < -0.3 is 20.5 Å². The molecule has 0 unspecified atom stereocenters. The van der Waals surface area contributed by atoms with E-state index in [1.54, 1.807) is 24.3 Å². The number of halogens is 1. The van der Waals surface area contributed by atoms with Gasteiger partial charge in [-0.25, -0.2) is 9.18 Å². The lowest BCUT2D eigenvalue weighted by Crippen LogP contribution is -2.26. The summed E-state index contributed by atoms with van der Waals surface area (Å²) in [6.45, 7) is 2.50. The quantitative estimate of drug-likeness (QED) is 0.573. The number of nitrogens with one attached hydrogen (secondary N) is 2. The second kappa shape index (κ2) is 10.1. The van der Waals surface area contributed by atoms with E-state index in [9.17, 15) is 18.8 Å². The van der Waals surface area contributed by atoms with Crippen molar-refractivity contribution in [1.29, 1.82) is 0 Å². The van der Waals surface area contributed by atoms with Crippen molar-refractivity contribution in [3.8, 4) is 5.75 Å². The fourth-order valence-electron chi connectivity index (χ4n) is 2.45. The third-order valence-electron chi connectivity index (χ3n) is 3.79. The van der Waals surface area contributed by atoms with Crippen LogP contribution >= 0.6 is 0 Å². The monoisotopic (exact) mass is 388 g/mol. The van der Waals surface area contributed by atoms with Gasteiger partial charge in [0.2, 0.25) is 5.91 Å². The summed E-state index contributed by atoms with van der Waals surface area (Å²) in [4.78, 5) is 35.1. The highest BCUT2D eigenvalue weighted by molar-refractivity contribution is 5.97. The summed E-state index contributed by atoms with van der Waals surface area (Å²) in [5.74, 6) is -2.26. The Morgan fingerprint density at radius 2 is 1.89 bits per heavy atom. The van der Waals surface area contributed by atoms with Gasteiger partial charge in [0.15, 0.2) is 0 Å². The van der Waals surface area contributed by atoms with Gasteiger partial charge in [-0.3, -0.25) is 9.59 Å². The molecule has 0 radical (unpaired) electrons. The summed E-state index contributed by atoms with van der Waals surface area (Å²) in [6, 6.07) is 9.99. The molecular weight excluding hydrogens is 367 g/mol. The zero-order valence-electron chi connectivity index (χ0n) is 15.3. The number of hydrogen-bond donors (Lipinski definition) is 3. The van der Waals surface area contributed by atoms with Crippen molar-refractivity contribution in [2.45, 2.75) is 19.8 Å². The fraction of sp³-hybridized carbons (Fsp3) is 0.250. The maximum absolute atomic E-state index is 13.7. The van der Waals surface area contributed by atoms with Crippen molar-refractivity contribution in [3.05, 3.63) is 59.4 Å². The summed E-state index contributed by atoms with van der Waals surface area (Å²) in [5.41, 5.74) is 0.0814. The number of benzene rings is 2. The number of amides is 2. The number of ether oxygens (including phenoxy) is 1. The van der Waals surface area contributed by atoms with Crippen LogP contribution in [0.1, 0.15) is 40.5 Å². The van der Waals surface area contributed by atoms with Crippen LogP contribution in [0.5, 0.6) is 5.75 Å². The average Bonchev–Trinajstić information content (AvgIpc) is 2.67. The van der Waals surface area contributed by atoms with Gasteiger partial charge >= 0.3 is 5.97 Å². The molecule has 8 heteroatoms. The molecule has 0 fully saturated rings. The first-order valence-corrected chi connectivity index (χ1v) is 8.75. The molecule has 7 nitrogen and oxygen atoms in total. The summed E-state index contributed by atoms with van der Waals surface area (Å²) in [5, 5.41) is 14.0. The SMILES string of the molecule is CCOc1ccccc1C(=O)NCCCC(=O)Nc1cc(C(=O)O)ccc1F. The minimum Gasteiger partial charge on any atom is -0.493 e. The Morgan fingerprint density at radius 1 is 1.14 bits per heavy atom. The molecule has 148 valence electrons. The van der Waals surface area contributed by atoms with Gasteiger partial charge in [0, 0.05) is 13.0 Å². The van der Waals surface area contributed by atoms with Crippen LogP contribution in [0.3, 0.4) is 0 Å². The lowest BCUT2D eigenvalue weighted by Gasteiger charge is -2.10. The molecule has 28 heavy (non-hydrogen) atoms. The average molecular weight is 388 g/mol. The summed E-state index contributed by atoms with van der Waals surface area (Å²) < 4.78 is 19.1. The molecule has 0 atom stereocenters. The number of para-hydroxylation sites is 1. The Bertz CT molecular complexity index is 869. The molecule has 2 rings (SSSR count). The zero-order chi connectivity index (χ0) is 20.5. The first kappa shape index (κ1) is 20.9. The zero-order valence-corrected chi connectivity index (χ0v) is 15.3. The number of anilines is 1. The van der Waals surface area contributed by atoms with Gasteiger partial charge in [-0.05, 0) is 43.7 Å². The van der Waals surface area contributed by atoms with Gasteiger partial charge in [0.05, 0.1) is 23.4 Å². The normalized spacial score (nSPS) is 10.2. The number of carbonyl (C=O) groups is 3. The maximum Gasteiger partial charge on any atom is 0.335 e. The first-order chi connectivity index (χ1) is 13.4. The van der Waals surface area contributed by atoms with E-state index in [0.717, 1.165) is 18.2 Å². The number of hydrogen-bond acceptors (Lipinski definition) is 4. The summed E-state index contributed by atoms with van der Waals surface area (Å²) >= 11 is 0. The second-order valence-electron chi connectivity index (χ2n) is 5.84. The van der Waals surface area contributed by atoms with E-state index in [1.807, 2.05) is 6.92 Å². The number of aromatic carboxylic acids is 1. The molecule has 0 aliphatic heterocycles. The van der Waals surface area contributed by atoms with E-state index in [2.05, 4.69) is 10.6 Å². The van der Waals surface area contributed by atoms with E-state index in [-0.39, 0.29) is 30.1 Å². The predicted molar refractivity (Wildman–Crippen MR) is 101 cm³/mol. The minimum atomic E-state index is -1.22. The van der Waals surface area contributed by atoms with Crippen LogP contribution in [0.25, 0.3) is 0 Å². The van der Waals surface area contributed by atoms with Crippen LogP contribution in [0.2, 0.25) is 0 Å². The van der Waals surface area contributed by atoms with Crippen molar-refractivity contribution < 1.29 is 28.6 Å². The van der Waals surface area contributed by atoms with Crippen LogP contribution in [0, 0.1) is 5.82 Å². The Labute approximate surface area is 161 Å². The summed E-state index contributed by atoms with van der Waals surface area (Å²) in [6.07, 6.45) is 0.360. The second-order valence-corrected chi connectivity index (χ2v) is 5.84. The maximum atomic E-state index is 13.7. The largest absolute Gasteiger partial charge is 0.493 e. The molecule has 0 spiro atoms. The molecule has 0 aliphatic carbocycles. The van der Waals surface area contributed by atoms with Crippen LogP contribution in [0.4, 0.5) is 10.1 Å². The highest BCUT2D eigenvalue weighted by Gasteiger charge is 2.13. The molecule has 0 aromatic heterocycles. The fourth-order valence-corrected chi connectivity index (χ4v) is 2.45. The molecule has 2 aromatic carbocycles. The Balaban J connectivity index is 1.82. The topological polar surface area (TPSA) is 105 Å². The van der Waals surface area contributed by atoms with Gasteiger partial charge in [0.25, 0.3) is 5.91 Å². The van der Waals surface area contributed by atoms with Crippen LogP contribution in [-0.2, 0) is 4.79 Å². The van der Waals surface area contributed by atoms with Gasteiger partial charge in [-0.15, -0.1) is 0 Å². The van der Waals surface area contributed by atoms with Gasteiger partial charge in [0.1, 0.15) is 11.6 Å². The van der Waals surface area contributed by atoms with Gasteiger partial charge in [-0.1, -0.05) is 12.1 Å². The van der Waals surface area contributed by atoms with Gasteiger partial charge in [-0.2, -0.15) is 0 Å². The minimum absolute atomic E-state index is 0.0319. The molecule has 0 aliphatic rings. The van der Waals surface area contributed by atoms with Crippen molar-refractivity contribution in [2.75, 3.05) is 18.5 Å². The highest BCUT2D eigenvalue weighted by atomic mass is 19.1. The van der Waals surface area contributed by atoms with Crippen molar-refractivity contribution in [2.24, 2.45) is 0 Å². The summed E-state index contributed by atoms with van der Waals surface area (Å²) in [7, 11) is 0. The van der Waals surface area contributed by atoms with Crippen LogP contribution in [0.15, 0.2) is 42.5 Å². The van der Waals surface area contributed by atoms with E-state index < -0.39 is 17.7 Å². The first-order valence-electron chi connectivity index (χ1n) is 8.75. The van der Waals surface area contributed by atoms with E-state index in [0.29, 0.717) is 24.3 Å². The molecule has 0 bridgehead atoms. The molecule has 0 saturated carbocycles. The number of carboxylic acids is 1. The molecule has 0 heterocycles. The Kier molecular flexibility index (Phi) is 7.50. The van der Waals surface area contributed by atoms with Crippen molar-refractivity contribution >= 4 is 23.5 Å². The molecule has 2 aromatic rings. The lowest BCUT2D eigenvalue weighted by molar-refractivity contribution is -0.116. The number of carbonyl (C=O) groups excluding carboxylic acids is 2. The van der Waals surface area contributed by atoms with E-state index in [4.69, 9.17) is 9.84 Å². The van der Waals surface area contributed by atoms with E-state index in [1.165, 1.54) is 0 Å². The Morgan fingerprint density at radius 3 is 2.61 bits per heavy atom. The Hall–Kier alpha value is -3.42.